The van der Waals surface area contributed by atoms with Crippen LogP contribution in [-0.2, 0) is 4.79 Å². The monoisotopic (exact) mass is 286 g/mol. The van der Waals surface area contributed by atoms with Gasteiger partial charge in [-0.25, -0.2) is 4.39 Å². The summed E-state index contributed by atoms with van der Waals surface area (Å²) in [5, 5.41) is 19.8. The fourth-order valence-electron chi connectivity index (χ4n) is 2.52. The largest absolute Gasteiger partial charge is 0.481 e. The summed E-state index contributed by atoms with van der Waals surface area (Å²) < 4.78 is 26.9. The highest BCUT2D eigenvalue weighted by Gasteiger charge is 2.33. The van der Waals surface area contributed by atoms with Crippen LogP contribution in [0.4, 0.5) is 20.2 Å². The fourth-order valence-corrected chi connectivity index (χ4v) is 2.52. The van der Waals surface area contributed by atoms with Crippen molar-refractivity contribution < 1.29 is 23.6 Å². The van der Waals surface area contributed by atoms with Gasteiger partial charge in [-0.05, 0) is 12.8 Å². The topological polar surface area (TPSA) is 83.7 Å². The standard InChI is InChI=1S/C12H12F2N2O4/c13-7-4-9(14)12(16(19)20)10(5-7)15-3-1-2-8(15)6-11(17)18/h4-5,8H,1-3,6H2,(H,17,18). The number of nitrogens with zero attached hydrogens (tertiary/aromatic N) is 2. The first kappa shape index (κ1) is 14.2. The lowest BCUT2D eigenvalue weighted by molar-refractivity contribution is -0.386. The van der Waals surface area contributed by atoms with Crippen molar-refractivity contribution in [3.8, 4) is 0 Å². The third kappa shape index (κ3) is 2.68. The van der Waals surface area contributed by atoms with Gasteiger partial charge >= 0.3 is 11.7 Å². The molecule has 1 atom stereocenters. The van der Waals surface area contributed by atoms with Crippen molar-refractivity contribution in [2.45, 2.75) is 25.3 Å². The Kier molecular flexibility index (Phi) is 3.82. The zero-order chi connectivity index (χ0) is 14.9. The maximum Gasteiger partial charge on any atom is 0.328 e. The fraction of sp³-hybridized carbons (Fsp3) is 0.417. The molecule has 1 aliphatic heterocycles. The van der Waals surface area contributed by atoms with Crippen molar-refractivity contribution in [2.75, 3.05) is 11.4 Å². The van der Waals surface area contributed by atoms with Crippen LogP contribution in [0.3, 0.4) is 0 Å². The van der Waals surface area contributed by atoms with Crippen LogP contribution in [0.2, 0.25) is 0 Å². The zero-order valence-electron chi connectivity index (χ0n) is 10.4. The number of carbonyl (C=O) groups is 1. The quantitative estimate of drug-likeness (QED) is 0.678. The molecule has 20 heavy (non-hydrogen) atoms. The number of hydrogen-bond acceptors (Lipinski definition) is 4. The van der Waals surface area contributed by atoms with E-state index in [1.54, 1.807) is 0 Å². The number of rotatable bonds is 4. The highest BCUT2D eigenvalue weighted by atomic mass is 19.1. The van der Waals surface area contributed by atoms with Crippen LogP contribution in [0.25, 0.3) is 0 Å². The van der Waals surface area contributed by atoms with Crippen LogP contribution < -0.4 is 4.90 Å². The average molecular weight is 286 g/mol. The predicted molar refractivity (Wildman–Crippen MR) is 65.6 cm³/mol. The molecule has 0 bridgehead atoms. The summed E-state index contributed by atoms with van der Waals surface area (Å²) >= 11 is 0. The van der Waals surface area contributed by atoms with E-state index in [1.165, 1.54) is 4.90 Å². The molecule has 8 heteroatoms. The molecule has 1 aromatic carbocycles. The van der Waals surface area contributed by atoms with Crippen molar-refractivity contribution in [3.63, 3.8) is 0 Å². The maximum absolute atomic E-state index is 13.6. The van der Waals surface area contributed by atoms with Gasteiger partial charge < -0.3 is 10.0 Å². The predicted octanol–water partition coefficient (Wildman–Crippen LogP) is 2.32. The van der Waals surface area contributed by atoms with E-state index in [-0.39, 0.29) is 12.1 Å². The Morgan fingerprint density at radius 3 is 2.80 bits per heavy atom. The van der Waals surface area contributed by atoms with E-state index >= 15 is 0 Å². The van der Waals surface area contributed by atoms with E-state index in [2.05, 4.69) is 0 Å². The highest BCUT2D eigenvalue weighted by Crippen LogP contribution is 2.36. The summed E-state index contributed by atoms with van der Waals surface area (Å²) in [5.41, 5.74) is -1.01. The number of nitro benzene ring substituents is 1. The molecule has 1 fully saturated rings. The molecule has 2 rings (SSSR count). The molecule has 0 aromatic heterocycles. The average Bonchev–Trinajstić information content (AvgIpc) is 2.74. The molecular weight excluding hydrogens is 274 g/mol. The normalized spacial score (nSPS) is 18.3. The number of anilines is 1. The second-order valence-electron chi connectivity index (χ2n) is 4.60. The molecule has 1 aliphatic rings. The minimum Gasteiger partial charge on any atom is -0.481 e. The number of aliphatic carboxylic acids is 1. The second kappa shape index (κ2) is 5.40. The Morgan fingerprint density at radius 2 is 2.20 bits per heavy atom. The molecule has 0 aliphatic carbocycles. The molecule has 0 radical (unpaired) electrons. The lowest BCUT2D eigenvalue weighted by Gasteiger charge is -2.25. The number of carboxylic acid groups (broad SMARTS) is 1. The molecule has 0 spiro atoms. The first-order valence-corrected chi connectivity index (χ1v) is 6.02. The van der Waals surface area contributed by atoms with Crippen LogP contribution in [0.1, 0.15) is 19.3 Å². The summed E-state index contributed by atoms with van der Waals surface area (Å²) in [7, 11) is 0. The van der Waals surface area contributed by atoms with Gasteiger partial charge in [0.25, 0.3) is 0 Å². The van der Waals surface area contributed by atoms with Gasteiger partial charge in [0.1, 0.15) is 11.5 Å². The number of hydrogen-bond donors (Lipinski definition) is 1. The second-order valence-corrected chi connectivity index (χ2v) is 4.60. The Balaban J connectivity index is 2.45. The lowest BCUT2D eigenvalue weighted by atomic mass is 10.1. The molecule has 1 saturated heterocycles. The molecule has 0 amide bonds. The Morgan fingerprint density at radius 1 is 1.50 bits per heavy atom. The Hall–Kier alpha value is -2.25. The van der Waals surface area contributed by atoms with Crippen LogP contribution in [0.15, 0.2) is 12.1 Å². The van der Waals surface area contributed by atoms with E-state index in [4.69, 9.17) is 5.11 Å². The summed E-state index contributed by atoms with van der Waals surface area (Å²) in [4.78, 5) is 22.2. The first-order valence-electron chi connectivity index (χ1n) is 6.02. The minimum atomic E-state index is -1.26. The van der Waals surface area contributed by atoms with E-state index in [0.717, 1.165) is 6.07 Å². The van der Waals surface area contributed by atoms with Crippen molar-refractivity contribution in [1.82, 2.24) is 0 Å². The number of nitro groups is 1. The third-order valence-corrected chi connectivity index (χ3v) is 3.29. The summed E-state index contributed by atoms with van der Waals surface area (Å²) in [6.07, 6.45) is 0.907. The number of benzene rings is 1. The lowest BCUT2D eigenvalue weighted by Crippen LogP contribution is -2.32. The van der Waals surface area contributed by atoms with Gasteiger partial charge in [0.2, 0.25) is 5.82 Å². The van der Waals surface area contributed by atoms with Crippen molar-refractivity contribution in [2.24, 2.45) is 0 Å². The first-order chi connectivity index (χ1) is 9.40. The molecular formula is C12H12F2N2O4. The van der Waals surface area contributed by atoms with Crippen LogP contribution in [0.5, 0.6) is 0 Å². The summed E-state index contributed by atoms with van der Waals surface area (Å²) in [6.45, 7) is 0.335. The van der Waals surface area contributed by atoms with Gasteiger partial charge in [0.15, 0.2) is 0 Å². The smallest absolute Gasteiger partial charge is 0.328 e. The van der Waals surface area contributed by atoms with Gasteiger partial charge in [-0.1, -0.05) is 0 Å². The van der Waals surface area contributed by atoms with Gasteiger partial charge in [-0.15, -0.1) is 0 Å². The molecule has 1 aromatic rings. The highest BCUT2D eigenvalue weighted by molar-refractivity contribution is 5.71. The van der Waals surface area contributed by atoms with E-state index in [9.17, 15) is 23.7 Å². The van der Waals surface area contributed by atoms with E-state index < -0.39 is 34.3 Å². The van der Waals surface area contributed by atoms with Crippen molar-refractivity contribution >= 4 is 17.3 Å². The molecule has 0 saturated carbocycles. The molecule has 1 heterocycles. The van der Waals surface area contributed by atoms with E-state index in [0.29, 0.717) is 25.5 Å². The zero-order valence-corrected chi connectivity index (χ0v) is 10.4. The van der Waals surface area contributed by atoms with Gasteiger partial charge in [0, 0.05) is 24.7 Å². The van der Waals surface area contributed by atoms with Crippen LogP contribution >= 0.6 is 0 Å². The number of halogens is 2. The van der Waals surface area contributed by atoms with Gasteiger partial charge in [-0.2, -0.15) is 4.39 Å². The maximum atomic E-state index is 13.6. The molecule has 1 N–H and O–H groups in total. The summed E-state index contributed by atoms with van der Waals surface area (Å²) in [5.74, 6) is -3.24. The minimum absolute atomic E-state index is 0.198. The van der Waals surface area contributed by atoms with Gasteiger partial charge in [0.05, 0.1) is 11.3 Å². The Bertz CT molecular complexity index is 565. The molecule has 6 nitrogen and oxygen atoms in total. The van der Waals surface area contributed by atoms with Crippen LogP contribution in [-0.4, -0.2) is 28.6 Å². The van der Waals surface area contributed by atoms with Crippen molar-refractivity contribution in [3.05, 3.63) is 33.9 Å². The Labute approximate surface area is 112 Å². The van der Waals surface area contributed by atoms with Gasteiger partial charge in [-0.3, -0.25) is 14.9 Å². The molecule has 1 unspecified atom stereocenters. The van der Waals surface area contributed by atoms with Crippen LogP contribution in [0, 0.1) is 21.7 Å². The SMILES string of the molecule is O=C(O)CC1CCCN1c1cc(F)cc(F)c1[N+](=O)[O-]. The number of carboxylic acids is 1. The summed E-state index contributed by atoms with van der Waals surface area (Å²) in [6, 6.07) is 0.832. The van der Waals surface area contributed by atoms with Crippen molar-refractivity contribution in [1.29, 1.82) is 0 Å². The van der Waals surface area contributed by atoms with E-state index in [1.807, 2.05) is 0 Å². The third-order valence-electron chi connectivity index (χ3n) is 3.29. The molecule has 108 valence electrons.